The number of hydrogen-bond donors (Lipinski definition) is 2. The van der Waals surface area contributed by atoms with Crippen molar-refractivity contribution in [3.63, 3.8) is 0 Å². The Hall–Kier alpha value is -2.69. The van der Waals surface area contributed by atoms with Crippen molar-refractivity contribution >= 4 is 23.3 Å². The number of pyridine rings is 1. The van der Waals surface area contributed by atoms with Crippen molar-refractivity contribution < 1.29 is 9.59 Å². The van der Waals surface area contributed by atoms with Crippen molar-refractivity contribution in [3.05, 3.63) is 53.7 Å². The fraction of sp³-hybridized carbons (Fsp3) is 0.188. The molecule has 1 heterocycles. The van der Waals surface area contributed by atoms with Crippen molar-refractivity contribution in [2.75, 3.05) is 10.6 Å². The van der Waals surface area contributed by atoms with E-state index >= 15 is 0 Å². The summed E-state index contributed by atoms with van der Waals surface area (Å²) in [6.45, 7) is 3.86. The molecule has 0 saturated carbocycles. The van der Waals surface area contributed by atoms with Crippen LogP contribution in [0.3, 0.4) is 0 Å². The summed E-state index contributed by atoms with van der Waals surface area (Å²) in [7, 11) is 0. The third-order valence-corrected chi connectivity index (χ3v) is 2.96. The minimum Gasteiger partial charge on any atom is -0.318 e. The quantitative estimate of drug-likeness (QED) is 0.850. The molecule has 0 bridgehead atoms. The number of amides is 2. The van der Waals surface area contributed by atoms with Gasteiger partial charge in [-0.1, -0.05) is 25.1 Å². The number of hydrogen-bond acceptors (Lipinski definition) is 3. The van der Waals surface area contributed by atoms with Gasteiger partial charge in [0, 0.05) is 11.4 Å². The molecule has 0 radical (unpaired) electrons. The number of nitrogens with zero attached hydrogens (tertiary/aromatic N) is 1. The van der Waals surface area contributed by atoms with E-state index in [2.05, 4.69) is 22.5 Å². The van der Waals surface area contributed by atoms with Gasteiger partial charge >= 0.3 is 11.8 Å². The number of benzene rings is 1. The first kappa shape index (κ1) is 14.7. The summed E-state index contributed by atoms with van der Waals surface area (Å²) in [6.07, 6.45) is 0.924. The number of anilines is 2. The van der Waals surface area contributed by atoms with Gasteiger partial charge in [0.2, 0.25) is 0 Å². The Morgan fingerprint density at radius 1 is 1.00 bits per heavy atom. The van der Waals surface area contributed by atoms with Crippen LogP contribution in [0.1, 0.15) is 18.2 Å². The lowest BCUT2D eigenvalue weighted by Gasteiger charge is -2.07. The molecule has 1 aromatic heterocycles. The largest absolute Gasteiger partial charge is 0.318 e. The van der Waals surface area contributed by atoms with Crippen molar-refractivity contribution in [2.45, 2.75) is 20.3 Å². The zero-order valence-corrected chi connectivity index (χ0v) is 12.0. The molecule has 21 heavy (non-hydrogen) atoms. The monoisotopic (exact) mass is 283 g/mol. The van der Waals surface area contributed by atoms with E-state index < -0.39 is 11.8 Å². The van der Waals surface area contributed by atoms with Crippen molar-refractivity contribution in [1.29, 1.82) is 0 Å². The van der Waals surface area contributed by atoms with E-state index in [9.17, 15) is 9.59 Å². The Morgan fingerprint density at radius 2 is 1.67 bits per heavy atom. The number of rotatable bonds is 3. The lowest BCUT2D eigenvalue weighted by Crippen LogP contribution is -2.29. The van der Waals surface area contributed by atoms with Gasteiger partial charge in [0.25, 0.3) is 0 Å². The van der Waals surface area contributed by atoms with Gasteiger partial charge in [-0.3, -0.25) is 9.59 Å². The van der Waals surface area contributed by atoms with Gasteiger partial charge in [-0.05, 0) is 43.2 Å². The molecule has 0 aliphatic rings. The molecule has 0 spiro atoms. The fourth-order valence-corrected chi connectivity index (χ4v) is 1.80. The van der Waals surface area contributed by atoms with Gasteiger partial charge in [-0.15, -0.1) is 0 Å². The van der Waals surface area contributed by atoms with Crippen LogP contribution < -0.4 is 10.6 Å². The molecular formula is C16H17N3O2. The Labute approximate surface area is 123 Å². The first-order valence-corrected chi connectivity index (χ1v) is 6.73. The molecule has 5 heteroatoms. The van der Waals surface area contributed by atoms with Crippen LogP contribution in [-0.2, 0) is 16.0 Å². The molecule has 0 aliphatic carbocycles. The van der Waals surface area contributed by atoms with Crippen molar-refractivity contribution in [1.82, 2.24) is 4.98 Å². The molecule has 1 aromatic carbocycles. The number of nitrogens with one attached hydrogen (secondary N) is 2. The maximum Gasteiger partial charge on any atom is 0.315 e. The van der Waals surface area contributed by atoms with E-state index in [1.165, 1.54) is 5.56 Å². The fourth-order valence-electron chi connectivity index (χ4n) is 1.80. The molecule has 0 saturated heterocycles. The molecular weight excluding hydrogens is 266 g/mol. The Balaban J connectivity index is 1.97. The number of aryl methyl sites for hydroxylation is 2. The average molecular weight is 283 g/mol. The number of carbonyl (C=O) groups is 2. The van der Waals surface area contributed by atoms with Crippen LogP contribution in [0.4, 0.5) is 11.5 Å². The van der Waals surface area contributed by atoms with Crippen LogP contribution in [-0.4, -0.2) is 16.8 Å². The second kappa shape index (κ2) is 6.65. The molecule has 0 fully saturated rings. The highest BCUT2D eigenvalue weighted by Gasteiger charge is 2.14. The molecule has 108 valence electrons. The summed E-state index contributed by atoms with van der Waals surface area (Å²) in [5.41, 5.74) is 2.52. The first-order chi connectivity index (χ1) is 10.1. The molecule has 2 aromatic rings. The normalized spacial score (nSPS) is 10.0. The Bertz CT molecular complexity index is 651. The van der Waals surface area contributed by atoms with Crippen molar-refractivity contribution in [2.24, 2.45) is 0 Å². The number of aromatic nitrogens is 1. The predicted molar refractivity (Wildman–Crippen MR) is 82.1 cm³/mol. The summed E-state index contributed by atoms with van der Waals surface area (Å²) >= 11 is 0. The average Bonchev–Trinajstić information content (AvgIpc) is 2.48. The van der Waals surface area contributed by atoms with E-state index in [1.54, 1.807) is 24.3 Å². The van der Waals surface area contributed by atoms with Crippen LogP contribution in [0.5, 0.6) is 0 Å². The zero-order valence-electron chi connectivity index (χ0n) is 12.0. The van der Waals surface area contributed by atoms with E-state index in [1.807, 2.05) is 25.1 Å². The van der Waals surface area contributed by atoms with Gasteiger partial charge in [0.05, 0.1) is 0 Å². The van der Waals surface area contributed by atoms with Gasteiger partial charge in [0.1, 0.15) is 5.82 Å². The van der Waals surface area contributed by atoms with Gasteiger partial charge < -0.3 is 10.6 Å². The van der Waals surface area contributed by atoms with Crippen molar-refractivity contribution in [3.8, 4) is 0 Å². The zero-order chi connectivity index (χ0) is 15.2. The highest BCUT2D eigenvalue weighted by molar-refractivity contribution is 6.43. The van der Waals surface area contributed by atoms with E-state index in [4.69, 9.17) is 0 Å². The smallest absolute Gasteiger partial charge is 0.315 e. The first-order valence-electron chi connectivity index (χ1n) is 6.73. The maximum atomic E-state index is 11.8. The Morgan fingerprint density at radius 3 is 2.29 bits per heavy atom. The van der Waals surface area contributed by atoms with Gasteiger partial charge in [0.15, 0.2) is 0 Å². The molecule has 0 atom stereocenters. The molecule has 5 nitrogen and oxygen atoms in total. The number of carbonyl (C=O) groups excluding carboxylic acids is 2. The third kappa shape index (κ3) is 4.14. The summed E-state index contributed by atoms with van der Waals surface area (Å²) in [4.78, 5) is 27.7. The standard InChI is InChI=1S/C16H17N3O2/c1-3-12-7-9-13(10-8-12)18-15(20)16(21)19-14-6-4-5-11(2)17-14/h4-10H,3H2,1-2H3,(H,18,20)(H,17,19,21). The lowest BCUT2D eigenvalue weighted by atomic mass is 10.1. The topological polar surface area (TPSA) is 71.1 Å². The molecule has 0 aliphatic heterocycles. The second-order valence-corrected chi connectivity index (χ2v) is 4.62. The van der Waals surface area contributed by atoms with Gasteiger partial charge in [-0.25, -0.2) is 4.98 Å². The summed E-state index contributed by atoms with van der Waals surface area (Å²) in [5.74, 6) is -1.10. The minimum absolute atomic E-state index is 0.358. The summed E-state index contributed by atoms with van der Waals surface area (Å²) in [6, 6.07) is 12.6. The maximum absolute atomic E-state index is 11.8. The third-order valence-electron chi connectivity index (χ3n) is 2.96. The van der Waals surface area contributed by atoms with Crippen LogP contribution in [0.15, 0.2) is 42.5 Å². The van der Waals surface area contributed by atoms with E-state index in [0.29, 0.717) is 11.5 Å². The second-order valence-electron chi connectivity index (χ2n) is 4.62. The van der Waals surface area contributed by atoms with Crippen LogP contribution in [0.25, 0.3) is 0 Å². The Kier molecular flexibility index (Phi) is 4.66. The highest BCUT2D eigenvalue weighted by atomic mass is 16.2. The van der Waals surface area contributed by atoms with Gasteiger partial charge in [-0.2, -0.15) is 0 Å². The minimum atomic E-state index is -0.743. The highest BCUT2D eigenvalue weighted by Crippen LogP contribution is 2.10. The van der Waals surface area contributed by atoms with Crippen LogP contribution >= 0.6 is 0 Å². The lowest BCUT2D eigenvalue weighted by molar-refractivity contribution is -0.133. The predicted octanol–water partition coefficient (Wildman–Crippen LogP) is 2.53. The molecule has 2 N–H and O–H groups in total. The SMILES string of the molecule is CCc1ccc(NC(=O)C(=O)Nc2cccc(C)n2)cc1. The summed E-state index contributed by atoms with van der Waals surface area (Å²) < 4.78 is 0. The molecule has 0 unspecified atom stereocenters. The summed E-state index contributed by atoms with van der Waals surface area (Å²) in [5, 5.41) is 5.01. The van der Waals surface area contributed by atoms with E-state index in [0.717, 1.165) is 12.1 Å². The van der Waals surface area contributed by atoms with Crippen LogP contribution in [0, 0.1) is 6.92 Å². The van der Waals surface area contributed by atoms with Crippen LogP contribution in [0.2, 0.25) is 0 Å². The van der Waals surface area contributed by atoms with E-state index in [-0.39, 0.29) is 0 Å². The molecule has 2 rings (SSSR count). The molecule has 2 amide bonds.